The van der Waals surface area contributed by atoms with E-state index in [9.17, 15) is 0 Å². The molecule has 8 heteroatoms. The molecule has 0 aromatic heterocycles. The molecule has 0 bridgehead atoms. The van der Waals surface area contributed by atoms with Gasteiger partial charge in [-0.15, -0.1) is 0 Å². The maximum absolute atomic E-state index is 5.82. The Labute approximate surface area is 191 Å². The summed E-state index contributed by atoms with van der Waals surface area (Å²) < 4.78 is 16.4. The first-order valence-corrected chi connectivity index (χ1v) is 11.7. The van der Waals surface area contributed by atoms with Crippen molar-refractivity contribution in [3.63, 3.8) is 0 Å². The molecule has 1 unspecified atom stereocenters. The summed E-state index contributed by atoms with van der Waals surface area (Å²) in [5.74, 6) is 1.68. The molecule has 1 atom stereocenters. The first kappa shape index (κ1) is 21.2. The maximum Gasteiger partial charge on any atom is 0.148 e. The molecule has 0 saturated carbocycles. The Morgan fingerprint density at radius 2 is 1.54 bits per heavy atom. The van der Waals surface area contributed by atoms with Gasteiger partial charge in [0.15, 0.2) is 0 Å². The summed E-state index contributed by atoms with van der Waals surface area (Å²) in [6.07, 6.45) is 6.78. The van der Waals surface area contributed by atoms with Crippen LogP contribution in [-0.2, 0) is 4.74 Å². The summed E-state index contributed by atoms with van der Waals surface area (Å²) in [4.78, 5) is 0.172. The summed E-state index contributed by atoms with van der Waals surface area (Å²) in [6, 6.07) is 3.89. The number of hydrogen-bond donors (Lipinski definition) is 0. The Bertz CT molecular complexity index is 673. The summed E-state index contributed by atoms with van der Waals surface area (Å²) in [5, 5.41) is 0. The number of alkyl halides is 1. The maximum atomic E-state index is 5.82. The van der Waals surface area contributed by atoms with Crippen molar-refractivity contribution in [1.82, 2.24) is 0 Å². The molecule has 0 radical (unpaired) electrons. The van der Waals surface area contributed by atoms with Gasteiger partial charge in [-0.2, -0.15) is 0 Å². The lowest BCUT2D eigenvalue weighted by molar-refractivity contribution is 0.237. The van der Waals surface area contributed by atoms with Gasteiger partial charge in [-0.05, 0) is 89.1 Å². The van der Waals surface area contributed by atoms with Gasteiger partial charge in [-0.25, -0.2) is 0 Å². The minimum Gasteiger partial charge on any atom is -0.491 e. The van der Waals surface area contributed by atoms with Gasteiger partial charge in [0.1, 0.15) is 24.7 Å². The zero-order chi connectivity index (χ0) is 17.7. The largest absolute Gasteiger partial charge is 0.491 e. The zero-order valence-corrected chi connectivity index (χ0v) is 21.7. The van der Waals surface area contributed by atoms with Crippen molar-refractivity contribution >= 4 is 95.6 Å². The molecule has 0 aliphatic heterocycles. The molecule has 0 saturated heterocycles. The van der Waals surface area contributed by atoms with Crippen LogP contribution in [0.5, 0.6) is 5.75 Å². The summed E-state index contributed by atoms with van der Waals surface area (Å²) in [7, 11) is 0. The Morgan fingerprint density at radius 1 is 0.958 bits per heavy atom. The fourth-order valence-electron chi connectivity index (χ4n) is 1.91. The molecule has 0 amide bonds. The first-order chi connectivity index (χ1) is 11.4. The lowest BCUT2D eigenvalue weighted by atomic mass is 10.1. The Kier molecular flexibility index (Phi) is 9.11. The molecule has 2 rings (SSSR count). The van der Waals surface area contributed by atoms with Gasteiger partial charge >= 0.3 is 0 Å². The highest BCUT2D eigenvalue weighted by molar-refractivity contribution is 9.12. The smallest absolute Gasteiger partial charge is 0.148 e. The normalized spacial score (nSPS) is 18.1. The van der Waals surface area contributed by atoms with Crippen molar-refractivity contribution in [2.75, 3.05) is 13.2 Å². The van der Waals surface area contributed by atoms with Gasteiger partial charge in [0.05, 0.1) is 18.3 Å². The topological polar surface area (TPSA) is 18.5 Å². The van der Waals surface area contributed by atoms with E-state index in [4.69, 9.17) is 9.47 Å². The molecule has 1 aliphatic rings. The van der Waals surface area contributed by atoms with Crippen molar-refractivity contribution in [2.24, 2.45) is 0 Å². The molecule has 1 aromatic carbocycles. The lowest BCUT2D eigenvalue weighted by Gasteiger charge is -2.20. The van der Waals surface area contributed by atoms with Crippen molar-refractivity contribution in [3.8, 4) is 5.75 Å². The molecule has 0 N–H and O–H groups in total. The van der Waals surface area contributed by atoms with Crippen molar-refractivity contribution in [1.29, 1.82) is 0 Å². The van der Waals surface area contributed by atoms with Crippen molar-refractivity contribution in [3.05, 3.63) is 58.5 Å². The van der Waals surface area contributed by atoms with Crippen LogP contribution in [0.4, 0.5) is 0 Å². The van der Waals surface area contributed by atoms with Gasteiger partial charge in [0, 0.05) is 4.47 Å². The van der Waals surface area contributed by atoms with E-state index in [1.54, 1.807) is 0 Å². The molecule has 0 spiro atoms. The van der Waals surface area contributed by atoms with Crippen LogP contribution in [0.2, 0.25) is 0 Å². The molecular weight excluding hydrogens is 704 g/mol. The van der Waals surface area contributed by atoms with Crippen LogP contribution >= 0.6 is 95.6 Å². The standard InChI is InChI=1S/C16H12Br6O2/c17-9-5-11(19)15(12(20)6-9)23-3-1-2-4-24-16-13(21)7-10(18)8-14(16)22/h1-2,5-7,14H,3-4,8H2/b2-1+. The number of rotatable bonds is 6. The van der Waals surface area contributed by atoms with E-state index < -0.39 is 0 Å². The summed E-state index contributed by atoms with van der Waals surface area (Å²) >= 11 is 21.1. The third kappa shape index (κ3) is 6.27. The van der Waals surface area contributed by atoms with Gasteiger partial charge in [-0.3, -0.25) is 0 Å². The van der Waals surface area contributed by atoms with Crippen LogP contribution < -0.4 is 4.74 Å². The predicted molar refractivity (Wildman–Crippen MR) is 120 cm³/mol. The number of hydrogen-bond acceptors (Lipinski definition) is 2. The average Bonchev–Trinajstić information content (AvgIpc) is 2.46. The predicted octanol–water partition coefficient (Wildman–Crippen LogP) is 7.98. The molecule has 2 nitrogen and oxygen atoms in total. The monoisotopic (exact) mass is 710 g/mol. The number of ether oxygens (including phenoxy) is 2. The van der Waals surface area contributed by atoms with Crippen LogP contribution in [0.15, 0.2) is 58.5 Å². The SMILES string of the molecule is BrC1=CC(Br)=C(OC/C=C/COc2c(Br)cc(Br)cc2Br)C(Br)C1. The lowest BCUT2D eigenvalue weighted by Crippen LogP contribution is -2.11. The first-order valence-electron chi connectivity index (χ1n) is 6.83. The third-order valence-corrected chi connectivity index (χ3v) is 6.51. The zero-order valence-electron chi connectivity index (χ0n) is 12.2. The minimum absolute atomic E-state index is 0.172. The molecule has 0 fully saturated rings. The molecule has 1 aliphatic carbocycles. The molecule has 1 aromatic rings. The van der Waals surface area contributed by atoms with Gasteiger partial charge < -0.3 is 9.47 Å². The van der Waals surface area contributed by atoms with Crippen molar-refractivity contribution < 1.29 is 9.47 Å². The fourth-order valence-corrected chi connectivity index (χ4v) is 7.40. The van der Waals surface area contributed by atoms with E-state index in [1.165, 1.54) is 0 Å². The highest BCUT2D eigenvalue weighted by Gasteiger charge is 2.20. The second kappa shape index (κ2) is 10.3. The van der Waals surface area contributed by atoms with Gasteiger partial charge in [0.2, 0.25) is 0 Å². The number of allylic oxidation sites excluding steroid dienone is 4. The van der Waals surface area contributed by atoms with Crippen LogP contribution in [0.3, 0.4) is 0 Å². The van der Waals surface area contributed by atoms with Gasteiger partial charge in [0.25, 0.3) is 0 Å². The molecular formula is C16H12Br6O2. The Balaban J connectivity index is 1.83. The van der Waals surface area contributed by atoms with E-state index in [1.807, 2.05) is 30.4 Å². The fraction of sp³-hybridized carbons (Fsp3) is 0.250. The van der Waals surface area contributed by atoms with E-state index in [2.05, 4.69) is 95.6 Å². The second-order valence-corrected chi connectivity index (χ2v) is 10.4. The Hall–Kier alpha value is 0.920. The minimum atomic E-state index is 0.172. The summed E-state index contributed by atoms with van der Waals surface area (Å²) in [5.41, 5.74) is 0. The third-order valence-electron chi connectivity index (χ3n) is 2.97. The van der Waals surface area contributed by atoms with Crippen LogP contribution in [0.1, 0.15) is 6.42 Å². The molecule has 0 heterocycles. The quantitative estimate of drug-likeness (QED) is 0.220. The highest BCUT2D eigenvalue weighted by atomic mass is 79.9. The Morgan fingerprint density at radius 3 is 2.12 bits per heavy atom. The molecule has 24 heavy (non-hydrogen) atoms. The second-order valence-electron chi connectivity index (χ2n) is 4.77. The van der Waals surface area contributed by atoms with Crippen LogP contribution in [0.25, 0.3) is 0 Å². The van der Waals surface area contributed by atoms with E-state index in [-0.39, 0.29) is 4.83 Å². The van der Waals surface area contributed by atoms with Crippen molar-refractivity contribution in [2.45, 2.75) is 11.2 Å². The number of halogens is 6. The highest BCUT2D eigenvalue weighted by Crippen LogP contribution is 2.37. The van der Waals surface area contributed by atoms with Crippen LogP contribution in [-0.4, -0.2) is 18.0 Å². The van der Waals surface area contributed by atoms with Crippen LogP contribution in [0, 0.1) is 0 Å². The average molecular weight is 716 g/mol. The van der Waals surface area contributed by atoms with E-state index in [0.717, 1.165) is 40.3 Å². The number of benzene rings is 1. The summed E-state index contributed by atoms with van der Waals surface area (Å²) in [6.45, 7) is 0.954. The van der Waals surface area contributed by atoms with E-state index >= 15 is 0 Å². The van der Waals surface area contributed by atoms with Gasteiger partial charge in [-0.1, -0.05) is 47.8 Å². The molecule has 130 valence electrons. The van der Waals surface area contributed by atoms with E-state index in [0.29, 0.717) is 13.2 Å².